The molecule has 1 aliphatic rings. The zero-order chi connectivity index (χ0) is 15.4. The van der Waals surface area contributed by atoms with Crippen molar-refractivity contribution in [3.63, 3.8) is 0 Å². The first kappa shape index (κ1) is 15.3. The molecule has 1 aromatic carbocycles. The number of carbonyl (C=O) groups is 2. The molecule has 2 amide bonds. The van der Waals surface area contributed by atoms with Gasteiger partial charge in [-0.05, 0) is 32.0 Å². The summed E-state index contributed by atoms with van der Waals surface area (Å²) in [5.41, 5.74) is 1.57. The summed E-state index contributed by atoms with van der Waals surface area (Å²) < 4.78 is 0. The molecule has 0 spiro atoms. The third-order valence-corrected chi connectivity index (χ3v) is 3.25. The molecule has 1 aliphatic heterocycles. The Hall–Kier alpha value is -2.08. The van der Waals surface area contributed by atoms with E-state index < -0.39 is 6.10 Å². The normalized spacial score (nSPS) is 16.9. The zero-order valence-electron chi connectivity index (χ0n) is 11.8. The van der Waals surface area contributed by atoms with E-state index in [-0.39, 0.29) is 11.8 Å². The third-order valence-electron chi connectivity index (χ3n) is 2.92. The molecule has 1 heterocycles. The summed E-state index contributed by atoms with van der Waals surface area (Å²) in [5, 5.41) is 9.42. The number of carbonyl (C=O) groups excluding carboxylic acids is 2. The smallest absolute Gasteiger partial charge is 0.268 e. The van der Waals surface area contributed by atoms with Gasteiger partial charge in [0.25, 0.3) is 11.8 Å². The maximum Gasteiger partial charge on any atom is 0.268 e. The van der Waals surface area contributed by atoms with Crippen LogP contribution >= 0.6 is 11.6 Å². The summed E-state index contributed by atoms with van der Waals surface area (Å²) in [6.07, 6.45) is -0.170. The molecule has 2 N–H and O–H groups in total. The van der Waals surface area contributed by atoms with Crippen molar-refractivity contribution in [2.45, 2.75) is 26.4 Å². The number of amides is 2. The molecule has 1 unspecified atom stereocenters. The lowest BCUT2D eigenvalue weighted by Gasteiger charge is -2.11. The lowest BCUT2D eigenvalue weighted by molar-refractivity contribution is -0.125. The first-order chi connectivity index (χ1) is 10.0. The van der Waals surface area contributed by atoms with E-state index in [2.05, 4.69) is 15.8 Å². The van der Waals surface area contributed by atoms with Crippen LogP contribution in [-0.2, 0) is 9.63 Å². The van der Waals surface area contributed by atoms with Crippen molar-refractivity contribution in [1.29, 1.82) is 0 Å². The maximum absolute atomic E-state index is 12.0. The minimum atomic E-state index is -0.631. The quantitative estimate of drug-likeness (QED) is 0.894. The van der Waals surface area contributed by atoms with E-state index in [9.17, 15) is 9.59 Å². The van der Waals surface area contributed by atoms with Crippen LogP contribution in [0.5, 0.6) is 0 Å². The van der Waals surface area contributed by atoms with Crippen LogP contribution in [0.15, 0.2) is 23.4 Å². The molecule has 2 rings (SSSR count). The summed E-state index contributed by atoms with van der Waals surface area (Å²) in [7, 11) is 0. The van der Waals surface area contributed by atoms with Gasteiger partial charge in [-0.25, -0.2) is 0 Å². The van der Waals surface area contributed by atoms with Gasteiger partial charge >= 0.3 is 0 Å². The van der Waals surface area contributed by atoms with E-state index in [1.165, 1.54) is 6.07 Å². The summed E-state index contributed by atoms with van der Waals surface area (Å²) in [4.78, 5) is 28.9. The molecule has 112 valence electrons. The Bertz CT molecular complexity index is 601. The van der Waals surface area contributed by atoms with Gasteiger partial charge in [0.15, 0.2) is 0 Å². The molecule has 6 nitrogen and oxygen atoms in total. The second-order valence-corrected chi connectivity index (χ2v) is 5.08. The standard InChI is InChI=1S/C14H16ClN3O3/c1-3-16-13(19)10-7-9(4-5-11(10)15)17-14(20)12-6-8(2)18-21-12/h4-5,7,12H,3,6H2,1-2H3,(H,16,19)(H,17,20). The average molecular weight is 310 g/mol. The van der Waals surface area contributed by atoms with Crippen LogP contribution in [0.25, 0.3) is 0 Å². The molecule has 0 aliphatic carbocycles. The highest BCUT2D eigenvalue weighted by molar-refractivity contribution is 6.34. The Labute approximate surface area is 127 Å². The molecule has 7 heteroatoms. The SMILES string of the molecule is CCNC(=O)c1cc(NC(=O)C2CC(C)=NO2)ccc1Cl. The minimum absolute atomic E-state index is 0.283. The summed E-state index contributed by atoms with van der Waals surface area (Å²) in [6, 6.07) is 4.73. The molecule has 0 fully saturated rings. The molecule has 0 radical (unpaired) electrons. The number of rotatable bonds is 4. The van der Waals surface area contributed by atoms with Gasteiger partial charge in [0.1, 0.15) is 0 Å². The monoisotopic (exact) mass is 309 g/mol. The van der Waals surface area contributed by atoms with Gasteiger partial charge in [0.05, 0.1) is 16.3 Å². The zero-order valence-corrected chi connectivity index (χ0v) is 12.5. The van der Waals surface area contributed by atoms with Crippen molar-refractivity contribution in [1.82, 2.24) is 5.32 Å². The number of halogens is 1. The minimum Gasteiger partial charge on any atom is -0.382 e. The molecule has 0 saturated carbocycles. The summed E-state index contributed by atoms with van der Waals surface area (Å²) in [6.45, 7) is 4.11. The Balaban J connectivity index is 2.09. The van der Waals surface area contributed by atoms with Gasteiger partial charge in [0.2, 0.25) is 6.10 Å². The number of nitrogens with zero attached hydrogens (tertiary/aromatic N) is 1. The largest absolute Gasteiger partial charge is 0.382 e. The molecule has 0 bridgehead atoms. The number of nitrogens with one attached hydrogen (secondary N) is 2. The van der Waals surface area contributed by atoms with E-state index in [1.807, 2.05) is 6.92 Å². The van der Waals surface area contributed by atoms with E-state index in [0.717, 1.165) is 5.71 Å². The van der Waals surface area contributed by atoms with Gasteiger partial charge < -0.3 is 15.5 Å². The first-order valence-electron chi connectivity index (χ1n) is 6.59. The van der Waals surface area contributed by atoms with Crippen LogP contribution in [0.3, 0.4) is 0 Å². The second kappa shape index (κ2) is 6.58. The Morgan fingerprint density at radius 1 is 1.48 bits per heavy atom. The highest BCUT2D eigenvalue weighted by Crippen LogP contribution is 2.21. The number of anilines is 1. The second-order valence-electron chi connectivity index (χ2n) is 4.67. The fourth-order valence-corrected chi connectivity index (χ4v) is 2.10. The topological polar surface area (TPSA) is 79.8 Å². The Kier molecular flexibility index (Phi) is 4.80. The predicted octanol–water partition coefficient (Wildman–Crippen LogP) is 2.19. The van der Waals surface area contributed by atoms with Crippen molar-refractivity contribution in [3.05, 3.63) is 28.8 Å². The van der Waals surface area contributed by atoms with Crippen LogP contribution in [0, 0.1) is 0 Å². The molecule has 1 aromatic rings. The lowest BCUT2D eigenvalue weighted by atomic mass is 10.1. The van der Waals surface area contributed by atoms with E-state index in [0.29, 0.717) is 29.2 Å². The predicted molar refractivity (Wildman–Crippen MR) is 80.7 cm³/mol. The Morgan fingerprint density at radius 3 is 2.86 bits per heavy atom. The Morgan fingerprint density at radius 2 is 2.24 bits per heavy atom. The van der Waals surface area contributed by atoms with E-state index >= 15 is 0 Å². The first-order valence-corrected chi connectivity index (χ1v) is 6.97. The van der Waals surface area contributed by atoms with Gasteiger partial charge in [-0.2, -0.15) is 0 Å². The van der Waals surface area contributed by atoms with Crippen LogP contribution in [0.4, 0.5) is 5.69 Å². The molecule has 1 atom stereocenters. The number of hydrogen-bond donors (Lipinski definition) is 2. The fourth-order valence-electron chi connectivity index (χ4n) is 1.89. The van der Waals surface area contributed by atoms with Gasteiger partial charge in [-0.1, -0.05) is 16.8 Å². The highest BCUT2D eigenvalue weighted by Gasteiger charge is 2.26. The summed E-state index contributed by atoms with van der Waals surface area (Å²) in [5.74, 6) is -0.588. The van der Waals surface area contributed by atoms with Crippen LogP contribution in [0.2, 0.25) is 5.02 Å². The van der Waals surface area contributed by atoms with Gasteiger partial charge in [-0.3, -0.25) is 9.59 Å². The fraction of sp³-hybridized carbons (Fsp3) is 0.357. The molecule has 21 heavy (non-hydrogen) atoms. The molecule has 0 aromatic heterocycles. The van der Waals surface area contributed by atoms with Gasteiger partial charge in [-0.15, -0.1) is 0 Å². The van der Waals surface area contributed by atoms with Crippen molar-refractivity contribution in [3.8, 4) is 0 Å². The maximum atomic E-state index is 12.0. The lowest BCUT2D eigenvalue weighted by Crippen LogP contribution is -2.28. The van der Waals surface area contributed by atoms with E-state index in [1.54, 1.807) is 19.1 Å². The molecular weight excluding hydrogens is 294 g/mol. The third kappa shape index (κ3) is 3.72. The highest BCUT2D eigenvalue weighted by atomic mass is 35.5. The van der Waals surface area contributed by atoms with E-state index in [4.69, 9.17) is 16.4 Å². The van der Waals surface area contributed by atoms with Crippen molar-refractivity contribution in [2.75, 3.05) is 11.9 Å². The van der Waals surface area contributed by atoms with Crippen LogP contribution in [-0.4, -0.2) is 30.2 Å². The van der Waals surface area contributed by atoms with Crippen LogP contribution in [0.1, 0.15) is 30.6 Å². The van der Waals surface area contributed by atoms with Gasteiger partial charge in [0, 0.05) is 18.7 Å². The number of benzene rings is 1. The number of oxime groups is 1. The van der Waals surface area contributed by atoms with Crippen molar-refractivity contribution in [2.24, 2.45) is 5.16 Å². The average Bonchev–Trinajstić information content (AvgIpc) is 2.88. The van der Waals surface area contributed by atoms with Crippen molar-refractivity contribution < 1.29 is 14.4 Å². The molecule has 0 saturated heterocycles. The van der Waals surface area contributed by atoms with Crippen LogP contribution < -0.4 is 10.6 Å². The molecular formula is C14H16ClN3O3. The van der Waals surface area contributed by atoms with Crippen molar-refractivity contribution >= 4 is 34.8 Å². The number of hydrogen-bond acceptors (Lipinski definition) is 4. The summed E-state index contributed by atoms with van der Waals surface area (Å²) >= 11 is 5.99.